The summed E-state index contributed by atoms with van der Waals surface area (Å²) in [4.78, 5) is 11.8. The zero-order valence-corrected chi connectivity index (χ0v) is 13.1. The van der Waals surface area contributed by atoms with Crippen molar-refractivity contribution in [2.24, 2.45) is 0 Å². The third kappa shape index (κ3) is 4.04. The van der Waals surface area contributed by atoms with Crippen molar-refractivity contribution >= 4 is 17.7 Å². The number of hydrogen-bond acceptors (Lipinski definition) is 3. The minimum Gasteiger partial charge on any atom is -0.489 e. The van der Waals surface area contributed by atoms with Crippen LogP contribution in [-0.4, -0.2) is 23.5 Å². The predicted octanol–water partition coefficient (Wildman–Crippen LogP) is 3.04. The molecule has 1 aliphatic heterocycles. The topological polar surface area (TPSA) is 38.3 Å². The maximum Gasteiger partial charge on any atom is 0.233 e. The van der Waals surface area contributed by atoms with E-state index in [1.807, 2.05) is 54.6 Å². The zero-order valence-electron chi connectivity index (χ0n) is 12.3. The van der Waals surface area contributed by atoms with E-state index >= 15 is 0 Å². The quantitative estimate of drug-likeness (QED) is 0.922. The second-order valence-corrected chi connectivity index (χ2v) is 6.58. The molecule has 0 spiro atoms. The van der Waals surface area contributed by atoms with Gasteiger partial charge in [0.05, 0.1) is 5.25 Å². The maximum atomic E-state index is 11.8. The molecular formula is C18H19NO2S. The van der Waals surface area contributed by atoms with E-state index in [9.17, 15) is 4.79 Å². The number of amides is 1. The Morgan fingerprint density at radius 3 is 2.55 bits per heavy atom. The number of thioether (sulfide) groups is 1. The molecule has 1 saturated heterocycles. The first kappa shape index (κ1) is 15.0. The van der Waals surface area contributed by atoms with Gasteiger partial charge in [-0.3, -0.25) is 4.79 Å². The van der Waals surface area contributed by atoms with Gasteiger partial charge in [0.2, 0.25) is 5.91 Å². The van der Waals surface area contributed by atoms with Crippen LogP contribution in [0.1, 0.15) is 11.1 Å². The van der Waals surface area contributed by atoms with E-state index in [4.69, 9.17) is 4.74 Å². The van der Waals surface area contributed by atoms with Crippen LogP contribution in [0.3, 0.4) is 0 Å². The Morgan fingerprint density at radius 1 is 1.05 bits per heavy atom. The van der Waals surface area contributed by atoms with Gasteiger partial charge >= 0.3 is 0 Å². The molecule has 1 aliphatic rings. The molecule has 3 rings (SSSR count). The average Bonchev–Trinajstić information content (AvgIpc) is 2.57. The summed E-state index contributed by atoms with van der Waals surface area (Å²) in [7, 11) is 0. The predicted molar refractivity (Wildman–Crippen MR) is 90.2 cm³/mol. The highest BCUT2D eigenvalue weighted by Gasteiger charge is 2.22. The van der Waals surface area contributed by atoms with Crippen molar-refractivity contribution in [1.82, 2.24) is 5.32 Å². The number of benzene rings is 2. The number of rotatable bonds is 5. The van der Waals surface area contributed by atoms with Crippen molar-refractivity contribution in [2.45, 2.75) is 18.3 Å². The molecule has 1 heterocycles. The van der Waals surface area contributed by atoms with E-state index < -0.39 is 0 Å². The summed E-state index contributed by atoms with van der Waals surface area (Å²) >= 11 is 1.73. The van der Waals surface area contributed by atoms with Crippen LogP contribution in [0.15, 0.2) is 54.6 Å². The molecule has 1 N–H and O–H groups in total. The van der Waals surface area contributed by atoms with Crippen molar-refractivity contribution in [3.63, 3.8) is 0 Å². The Kier molecular flexibility index (Phi) is 5.01. The summed E-state index contributed by atoms with van der Waals surface area (Å²) in [5, 5.41) is 2.95. The van der Waals surface area contributed by atoms with E-state index in [-0.39, 0.29) is 11.2 Å². The van der Waals surface area contributed by atoms with Crippen molar-refractivity contribution in [1.29, 1.82) is 0 Å². The lowest BCUT2D eigenvalue weighted by Gasteiger charge is -2.21. The van der Waals surface area contributed by atoms with Crippen LogP contribution in [0.5, 0.6) is 5.75 Å². The molecule has 0 aliphatic carbocycles. The van der Waals surface area contributed by atoms with Gasteiger partial charge in [-0.05, 0) is 29.7 Å². The van der Waals surface area contributed by atoms with E-state index in [0.717, 1.165) is 30.0 Å². The molecule has 114 valence electrons. The number of hydrogen-bond donors (Lipinski definition) is 1. The fraction of sp³-hybridized carbons (Fsp3) is 0.278. The van der Waals surface area contributed by atoms with Gasteiger partial charge in [-0.15, -0.1) is 11.8 Å². The van der Waals surface area contributed by atoms with E-state index in [2.05, 4.69) is 5.32 Å². The minimum absolute atomic E-state index is 0.0323. The maximum absolute atomic E-state index is 11.8. The molecule has 3 nitrogen and oxygen atoms in total. The van der Waals surface area contributed by atoms with Crippen LogP contribution in [0.2, 0.25) is 0 Å². The molecule has 1 unspecified atom stereocenters. The van der Waals surface area contributed by atoms with Gasteiger partial charge in [0.1, 0.15) is 12.4 Å². The molecule has 0 radical (unpaired) electrons. The zero-order chi connectivity index (χ0) is 15.2. The number of nitrogens with one attached hydrogen (secondary N) is 1. The van der Waals surface area contributed by atoms with E-state index in [1.54, 1.807) is 11.8 Å². The van der Waals surface area contributed by atoms with Crippen molar-refractivity contribution in [3.05, 3.63) is 65.7 Å². The monoisotopic (exact) mass is 313 g/mol. The highest BCUT2D eigenvalue weighted by Crippen LogP contribution is 2.21. The number of carbonyl (C=O) groups excluding carboxylic acids is 1. The number of ether oxygens (including phenoxy) is 1. The first-order chi connectivity index (χ1) is 10.8. The Balaban J connectivity index is 1.55. The van der Waals surface area contributed by atoms with E-state index in [1.165, 1.54) is 5.56 Å². The van der Waals surface area contributed by atoms with Gasteiger partial charge in [-0.1, -0.05) is 42.5 Å². The lowest BCUT2D eigenvalue weighted by Crippen LogP contribution is -2.40. The van der Waals surface area contributed by atoms with Crippen LogP contribution in [0, 0.1) is 0 Å². The van der Waals surface area contributed by atoms with Crippen molar-refractivity contribution in [3.8, 4) is 5.75 Å². The fourth-order valence-corrected chi connectivity index (χ4v) is 3.44. The van der Waals surface area contributed by atoms with Gasteiger partial charge in [-0.2, -0.15) is 0 Å². The first-order valence-corrected chi connectivity index (χ1v) is 8.51. The Morgan fingerprint density at radius 2 is 1.82 bits per heavy atom. The number of carbonyl (C=O) groups is 1. The smallest absolute Gasteiger partial charge is 0.233 e. The van der Waals surface area contributed by atoms with Crippen LogP contribution in [0.25, 0.3) is 0 Å². The van der Waals surface area contributed by atoms with Gasteiger partial charge in [0, 0.05) is 12.3 Å². The molecule has 0 aromatic heterocycles. The standard InChI is InChI=1S/C18H19NO2S/c20-18-17(22-11-10-19-18)12-14-6-8-16(9-7-14)21-13-15-4-2-1-3-5-15/h1-9,17H,10-13H2,(H,19,20). The molecule has 0 saturated carbocycles. The van der Waals surface area contributed by atoms with Crippen LogP contribution >= 0.6 is 11.8 Å². The Hall–Kier alpha value is -1.94. The van der Waals surface area contributed by atoms with Gasteiger partial charge in [-0.25, -0.2) is 0 Å². The summed E-state index contributed by atoms with van der Waals surface area (Å²) in [5.41, 5.74) is 2.32. The second-order valence-electron chi connectivity index (χ2n) is 5.27. The normalized spacial score (nSPS) is 17.8. The van der Waals surface area contributed by atoms with Crippen molar-refractivity contribution in [2.75, 3.05) is 12.3 Å². The summed E-state index contributed by atoms with van der Waals surface area (Å²) < 4.78 is 5.77. The fourth-order valence-electron chi connectivity index (χ4n) is 2.39. The molecule has 2 aromatic rings. The Bertz CT molecular complexity index is 613. The Labute approximate surface area is 135 Å². The summed E-state index contributed by atoms with van der Waals surface area (Å²) in [6.45, 7) is 1.35. The molecular weight excluding hydrogens is 294 g/mol. The minimum atomic E-state index is 0.0323. The summed E-state index contributed by atoms with van der Waals surface area (Å²) in [5.74, 6) is 2.00. The average molecular weight is 313 g/mol. The highest BCUT2D eigenvalue weighted by molar-refractivity contribution is 8.00. The molecule has 4 heteroatoms. The van der Waals surface area contributed by atoms with Crippen LogP contribution in [0.4, 0.5) is 0 Å². The lowest BCUT2D eigenvalue weighted by molar-refractivity contribution is -0.120. The summed E-state index contributed by atoms with van der Waals surface area (Å²) in [6, 6.07) is 18.2. The first-order valence-electron chi connectivity index (χ1n) is 7.46. The molecule has 0 bridgehead atoms. The van der Waals surface area contributed by atoms with Gasteiger partial charge < -0.3 is 10.1 Å². The largest absolute Gasteiger partial charge is 0.489 e. The summed E-state index contributed by atoms with van der Waals surface area (Å²) in [6.07, 6.45) is 0.773. The third-order valence-electron chi connectivity index (χ3n) is 3.61. The van der Waals surface area contributed by atoms with Crippen LogP contribution in [-0.2, 0) is 17.8 Å². The third-order valence-corrected chi connectivity index (χ3v) is 4.83. The SMILES string of the molecule is O=C1NCCSC1Cc1ccc(OCc2ccccc2)cc1. The van der Waals surface area contributed by atoms with Gasteiger partial charge in [0.15, 0.2) is 0 Å². The van der Waals surface area contributed by atoms with Crippen molar-refractivity contribution < 1.29 is 9.53 Å². The van der Waals surface area contributed by atoms with Crippen LogP contribution < -0.4 is 10.1 Å². The molecule has 22 heavy (non-hydrogen) atoms. The molecule has 1 fully saturated rings. The molecule has 1 amide bonds. The lowest BCUT2D eigenvalue weighted by atomic mass is 10.1. The molecule has 2 aromatic carbocycles. The van der Waals surface area contributed by atoms with E-state index in [0.29, 0.717) is 6.61 Å². The molecule has 1 atom stereocenters. The highest BCUT2D eigenvalue weighted by atomic mass is 32.2. The second kappa shape index (κ2) is 7.36. The van der Waals surface area contributed by atoms with Gasteiger partial charge in [0.25, 0.3) is 0 Å².